The number of allylic oxidation sites excluding steroid dienone is 2. The van der Waals surface area contributed by atoms with Crippen LogP contribution in [0.5, 0.6) is 0 Å². The van der Waals surface area contributed by atoms with Gasteiger partial charge in [-0.15, -0.1) is 0 Å². The van der Waals surface area contributed by atoms with Gasteiger partial charge in [0.15, 0.2) is 0 Å². The second-order valence-electron chi connectivity index (χ2n) is 16.5. The molecule has 54 heavy (non-hydrogen) atoms. The van der Waals surface area contributed by atoms with E-state index in [4.69, 9.17) is 0 Å². The van der Waals surface area contributed by atoms with Crippen LogP contribution in [0.25, 0.3) is 45.5 Å². The van der Waals surface area contributed by atoms with Gasteiger partial charge < -0.3 is 0 Å². The average Bonchev–Trinajstić information content (AvgIpc) is 3.88. The van der Waals surface area contributed by atoms with Gasteiger partial charge in [0.05, 0.1) is 0 Å². The van der Waals surface area contributed by atoms with Crippen molar-refractivity contribution in [3.05, 3.63) is 172 Å². The molecule has 0 spiro atoms. The Labute approximate surface area is 332 Å². The first-order valence-corrected chi connectivity index (χ1v) is 31.4. The number of benzene rings is 6. The van der Waals surface area contributed by atoms with Crippen molar-refractivity contribution >= 4 is 52.3 Å². The van der Waals surface area contributed by atoms with E-state index in [1.165, 1.54) is 91.6 Å². The molecule has 1 aliphatic heterocycles. The van der Waals surface area contributed by atoms with Crippen molar-refractivity contribution in [2.45, 2.75) is 48.8 Å². The van der Waals surface area contributed by atoms with Crippen LogP contribution in [0.4, 0.5) is 0 Å². The van der Waals surface area contributed by atoms with E-state index in [1.807, 2.05) is 0 Å². The fourth-order valence-electron chi connectivity index (χ4n) is 10.3. The molecular weight excluding hydrogens is 791 g/mol. The Kier molecular flexibility index (Phi) is 8.91. The Balaban J connectivity index is 1.39. The van der Waals surface area contributed by atoms with Gasteiger partial charge >= 0.3 is 335 Å². The van der Waals surface area contributed by atoms with Gasteiger partial charge in [-0.25, -0.2) is 0 Å². The molecule has 0 nitrogen and oxygen atoms in total. The molecule has 0 amide bonds. The number of aryl methyl sites for hydroxylation is 2. The van der Waals surface area contributed by atoms with Crippen molar-refractivity contribution in [3.8, 4) is 33.4 Å². The average molecular weight is 838 g/mol. The standard InChI is InChI=1S/2C19H19.C12H9Si.2ClH.Zr/c2*1-13(2)16-11-15-8-6-10-18(19(15)12-16)17-9-5-4-7-14(17)3;1-3-7-11-9(5-1)10-6-2-4-8-12(10)13-11;;;/h2*4-13H,1-3H3;1-7H,13H2;2*1H;/q;;;;;+2/p-2. The van der Waals surface area contributed by atoms with Gasteiger partial charge in [-0.3, -0.25) is 0 Å². The maximum atomic E-state index is 9.27. The molecule has 6 aromatic rings. The van der Waals surface area contributed by atoms with E-state index in [9.17, 15) is 17.0 Å². The molecule has 3 aliphatic rings. The molecule has 2 atom stereocenters. The summed E-state index contributed by atoms with van der Waals surface area (Å²) >= 11 is -5.60. The van der Waals surface area contributed by atoms with Crippen LogP contribution in [-0.2, 0) is 16.4 Å². The summed E-state index contributed by atoms with van der Waals surface area (Å²) in [7, 11) is 17.7. The Hall–Kier alpha value is -3.52. The summed E-state index contributed by atoms with van der Waals surface area (Å²) in [5, 5.41) is 2.96. The van der Waals surface area contributed by atoms with Gasteiger partial charge in [0.2, 0.25) is 0 Å². The number of hydrogen-bond acceptors (Lipinski definition) is 0. The Morgan fingerprint density at radius 1 is 0.481 bits per heavy atom. The predicted molar refractivity (Wildman–Crippen MR) is 235 cm³/mol. The molecule has 9 rings (SSSR count). The third kappa shape index (κ3) is 5.31. The molecule has 0 saturated carbocycles. The zero-order valence-electron chi connectivity index (χ0n) is 32.1. The summed E-state index contributed by atoms with van der Waals surface area (Å²) in [6.45, 7) is 13.8. The topological polar surface area (TPSA) is 0 Å². The molecule has 0 N–H and O–H groups in total. The van der Waals surface area contributed by atoms with Gasteiger partial charge in [-0.05, 0) is 0 Å². The first-order valence-electron chi connectivity index (χ1n) is 19.6. The van der Waals surface area contributed by atoms with Crippen LogP contribution in [0.2, 0.25) is 0 Å². The van der Waals surface area contributed by atoms with Crippen LogP contribution in [0.15, 0.2) is 139 Å². The maximum absolute atomic E-state index is 9.27. The summed E-state index contributed by atoms with van der Waals surface area (Å²) in [4.78, 5) is 0. The Morgan fingerprint density at radius 2 is 0.907 bits per heavy atom. The van der Waals surface area contributed by atoms with Crippen LogP contribution in [0.3, 0.4) is 0 Å². The van der Waals surface area contributed by atoms with Crippen molar-refractivity contribution in [3.63, 3.8) is 0 Å². The molecule has 0 saturated heterocycles. The van der Waals surface area contributed by atoms with Crippen molar-refractivity contribution in [2.24, 2.45) is 11.8 Å². The minimum atomic E-state index is -5.60. The van der Waals surface area contributed by atoms with E-state index in [-0.39, 0.29) is 19.1 Å². The van der Waals surface area contributed by atoms with Gasteiger partial charge in [0.1, 0.15) is 0 Å². The molecule has 2 unspecified atom stereocenters. The third-order valence-corrected chi connectivity index (χ3v) is 35.4. The molecule has 269 valence electrons. The Morgan fingerprint density at radius 3 is 1.41 bits per heavy atom. The van der Waals surface area contributed by atoms with Gasteiger partial charge in [-0.2, -0.15) is 0 Å². The summed E-state index contributed by atoms with van der Waals surface area (Å²) in [5.41, 5.74) is 18.3. The molecule has 1 heterocycles. The predicted octanol–water partition coefficient (Wildman–Crippen LogP) is 11.9. The summed E-state index contributed by atoms with van der Waals surface area (Å²) < 4.78 is 1.09. The molecule has 2 aliphatic carbocycles. The SMILES string of the molecule is Cc1ccccc1-c1cccc2c1C=C(C(C)C)[CH]2[Zr]([Cl])([Cl])([c]1cccc2c1[SiH2]c1ccccc1-2)[CH]1C(C(C)C)=Cc2c(-c3ccccc3C)cccc21. The van der Waals surface area contributed by atoms with E-state index in [0.717, 1.165) is 0 Å². The van der Waals surface area contributed by atoms with E-state index < -0.39 is 25.9 Å². The van der Waals surface area contributed by atoms with E-state index in [1.54, 1.807) is 0 Å². The molecule has 6 aromatic carbocycles. The van der Waals surface area contributed by atoms with Crippen molar-refractivity contribution in [1.29, 1.82) is 0 Å². The van der Waals surface area contributed by atoms with Crippen LogP contribution in [0, 0.1) is 25.7 Å². The zero-order chi connectivity index (χ0) is 37.5. The van der Waals surface area contributed by atoms with Crippen molar-refractivity contribution in [1.82, 2.24) is 0 Å². The fourth-order valence-corrected chi connectivity index (χ4v) is 38.6. The third-order valence-electron chi connectivity index (χ3n) is 12.8. The van der Waals surface area contributed by atoms with Crippen LogP contribution in [-0.4, -0.2) is 9.52 Å². The molecule has 0 fully saturated rings. The molecular formula is C50H47Cl2SiZr. The minimum absolute atomic E-state index is 0.0989. The second-order valence-corrected chi connectivity index (χ2v) is 39.0. The van der Waals surface area contributed by atoms with E-state index >= 15 is 0 Å². The summed E-state index contributed by atoms with van der Waals surface area (Å²) in [6, 6.07) is 47.4. The van der Waals surface area contributed by atoms with Crippen LogP contribution >= 0.6 is 17.0 Å². The van der Waals surface area contributed by atoms with Crippen LogP contribution in [0.1, 0.15) is 68.3 Å². The molecule has 0 radical (unpaired) electrons. The van der Waals surface area contributed by atoms with E-state index in [2.05, 4.69) is 181 Å². The first-order chi connectivity index (χ1) is 26.0. The normalized spacial score (nSPS) is 18.2. The van der Waals surface area contributed by atoms with Crippen molar-refractivity contribution < 1.29 is 16.4 Å². The number of rotatable bonds is 7. The monoisotopic (exact) mass is 835 g/mol. The van der Waals surface area contributed by atoms with Gasteiger partial charge in [0.25, 0.3) is 0 Å². The summed E-state index contributed by atoms with van der Waals surface area (Å²) in [6.07, 6.45) is 5.00. The quantitative estimate of drug-likeness (QED) is 0.140. The number of fused-ring (bicyclic) bond motifs is 5. The number of hydrogen-bond donors (Lipinski definition) is 0. The van der Waals surface area contributed by atoms with Gasteiger partial charge in [-0.1, -0.05) is 0 Å². The fraction of sp³-hybridized carbons (Fsp3) is 0.200. The van der Waals surface area contributed by atoms with Crippen LogP contribution < -0.4 is 13.6 Å². The summed E-state index contributed by atoms with van der Waals surface area (Å²) in [5.74, 6) is 0.517. The second kappa shape index (κ2) is 13.3. The Bertz CT molecular complexity index is 2450. The van der Waals surface area contributed by atoms with Crippen molar-refractivity contribution in [2.75, 3.05) is 0 Å². The first kappa shape index (κ1) is 36.1. The zero-order valence-corrected chi connectivity index (χ0v) is 37.4. The van der Waals surface area contributed by atoms with E-state index in [0.29, 0.717) is 0 Å². The molecule has 4 heteroatoms. The molecule has 0 aromatic heterocycles. The number of halogens is 2. The molecule has 0 bridgehead atoms. The van der Waals surface area contributed by atoms with Gasteiger partial charge in [0, 0.05) is 0 Å².